The molecule has 0 bridgehead atoms. The highest BCUT2D eigenvalue weighted by molar-refractivity contribution is 6.36. The van der Waals surface area contributed by atoms with Crippen molar-refractivity contribution in [3.63, 3.8) is 0 Å². The lowest BCUT2D eigenvalue weighted by molar-refractivity contribution is 0.117. The van der Waals surface area contributed by atoms with E-state index in [9.17, 15) is 0 Å². The van der Waals surface area contributed by atoms with E-state index in [1.807, 2.05) is 6.08 Å². The van der Waals surface area contributed by atoms with Gasteiger partial charge in [0.2, 0.25) is 0 Å². The van der Waals surface area contributed by atoms with Crippen LogP contribution < -0.4 is 5.73 Å². The third-order valence-corrected chi connectivity index (χ3v) is 7.96. The van der Waals surface area contributed by atoms with E-state index in [0.717, 1.165) is 41.2 Å². The van der Waals surface area contributed by atoms with Crippen LogP contribution in [0.2, 0.25) is 12.6 Å². The fourth-order valence-electron chi connectivity index (χ4n) is 5.23. The second-order valence-corrected chi connectivity index (χ2v) is 10.9. The first-order valence-corrected chi connectivity index (χ1v) is 14.0. The van der Waals surface area contributed by atoms with Gasteiger partial charge in [0, 0.05) is 37.3 Å². The first kappa shape index (κ1) is 30.1. The Hall–Kier alpha value is -2.11. The minimum absolute atomic E-state index is 0.151. The summed E-state index contributed by atoms with van der Waals surface area (Å²) in [5, 5.41) is 0. The van der Waals surface area contributed by atoms with Gasteiger partial charge in [-0.3, -0.25) is 4.90 Å². The molecular weight excluding hydrogens is 439 g/mol. The maximum atomic E-state index is 5.99. The van der Waals surface area contributed by atoms with Gasteiger partial charge in [0.05, 0.1) is 0 Å². The van der Waals surface area contributed by atoms with Crippen molar-refractivity contribution in [2.45, 2.75) is 98.6 Å². The van der Waals surface area contributed by atoms with Crippen LogP contribution in [0.3, 0.4) is 0 Å². The zero-order chi connectivity index (χ0) is 26.8. The number of hydrogen-bond acceptors (Lipinski definition) is 3. The highest BCUT2D eigenvalue weighted by atomic mass is 15.3. The van der Waals surface area contributed by atoms with Crippen molar-refractivity contribution in [2.75, 3.05) is 19.6 Å². The predicted molar refractivity (Wildman–Crippen MR) is 162 cm³/mol. The van der Waals surface area contributed by atoms with Gasteiger partial charge >= 0.3 is 0 Å². The molecule has 3 atom stereocenters. The van der Waals surface area contributed by atoms with E-state index in [2.05, 4.69) is 89.7 Å². The highest BCUT2D eigenvalue weighted by Crippen LogP contribution is 2.25. The Morgan fingerprint density at radius 1 is 1.08 bits per heavy atom. The molecule has 0 aromatic carbocycles. The summed E-state index contributed by atoms with van der Waals surface area (Å²) in [7, 11) is 1.29. The summed E-state index contributed by atoms with van der Waals surface area (Å²) >= 11 is 0. The van der Waals surface area contributed by atoms with Crippen LogP contribution in [0.15, 0.2) is 75.9 Å². The quantitative estimate of drug-likeness (QED) is 0.175. The van der Waals surface area contributed by atoms with Crippen LogP contribution in [0.1, 0.15) is 67.7 Å². The Bertz CT molecular complexity index is 936. The average molecular weight is 491 g/mol. The molecule has 5 heteroatoms. The predicted octanol–water partition coefficient (Wildman–Crippen LogP) is 6.44. The van der Waals surface area contributed by atoms with Gasteiger partial charge in [-0.2, -0.15) is 0 Å². The molecule has 2 aliphatic rings. The molecule has 2 N–H and O–H groups in total. The Kier molecular flexibility index (Phi) is 12.2. The first-order valence-electron chi connectivity index (χ1n) is 14.0. The Morgan fingerprint density at radius 3 is 2.39 bits per heavy atom. The molecular formula is C31H51BN4. The monoisotopic (exact) mass is 490 g/mol. The number of allylic oxidation sites excluding steroid dienone is 6. The van der Waals surface area contributed by atoms with E-state index in [1.54, 1.807) is 0 Å². The van der Waals surface area contributed by atoms with Crippen LogP contribution in [0.5, 0.6) is 0 Å². The SMILES string of the molecule is C=C\C(C)=C(/C=C(C)/C(C)=C/C=C(C(=C)C)/C(=N\C(C)N1CCCCC1C)N1CCBC[C@@H]1C)CN. The summed E-state index contributed by atoms with van der Waals surface area (Å²) in [6.45, 7) is 26.4. The van der Waals surface area contributed by atoms with Crippen molar-refractivity contribution in [1.82, 2.24) is 9.80 Å². The van der Waals surface area contributed by atoms with Crippen molar-refractivity contribution < 1.29 is 0 Å². The second-order valence-electron chi connectivity index (χ2n) is 10.9. The molecule has 2 saturated heterocycles. The molecule has 0 amide bonds. The number of nitrogens with zero attached hydrogens (tertiary/aromatic N) is 3. The van der Waals surface area contributed by atoms with E-state index in [1.165, 1.54) is 50.3 Å². The molecule has 2 aliphatic heterocycles. The lowest BCUT2D eigenvalue weighted by Crippen LogP contribution is -2.47. The van der Waals surface area contributed by atoms with Crippen LogP contribution in [0, 0.1) is 0 Å². The fourth-order valence-corrected chi connectivity index (χ4v) is 5.23. The molecule has 36 heavy (non-hydrogen) atoms. The third-order valence-electron chi connectivity index (χ3n) is 7.96. The summed E-state index contributed by atoms with van der Waals surface area (Å²) in [6, 6.07) is 1.06. The summed E-state index contributed by atoms with van der Waals surface area (Å²) in [5.41, 5.74) is 12.8. The molecule has 2 rings (SSSR count). The molecule has 0 aliphatic carbocycles. The lowest BCUT2D eigenvalue weighted by Gasteiger charge is -2.40. The largest absolute Gasteiger partial charge is 0.355 e. The molecule has 0 spiro atoms. The molecule has 2 heterocycles. The van der Waals surface area contributed by atoms with E-state index in [0.29, 0.717) is 18.6 Å². The van der Waals surface area contributed by atoms with Crippen LogP contribution in [-0.4, -0.2) is 60.8 Å². The summed E-state index contributed by atoms with van der Waals surface area (Å²) in [5.74, 6) is 1.11. The Labute approximate surface area is 222 Å². The first-order chi connectivity index (χ1) is 17.1. The second kappa shape index (κ2) is 14.6. The lowest BCUT2D eigenvalue weighted by atomic mass is 9.65. The van der Waals surface area contributed by atoms with Gasteiger partial charge in [0.25, 0.3) is 0 Å². The fraction of sp³-hybridized carbons (Fsp3) is 0.581. The molecule has 0 radical (unpaired) electrons. The number of likely N-dealkylation sites (tertiary alicyclic amines) is 1. The number of rotatable bonds is 9. The molecule has 0 aromatic rings. The summed E-state index contributed by atoms with van der Waals surface area (Å²) < 4.78 is 0. The van der Waals surface area contributed by atoms with Crippen molar-refractivity contribution in [1.29, 1.82) is 0 Å². The minimum Gasteiger partial charge on any atom is -0.355 e. The number of amidine groups is 1. The van der Waals surface area contributed by atoms with Gasteiger partial charge in [-0.25, -0.2) is 4.99 Å². The van der Waals surface area contributed by atoms with Crippen molar-refractivity contribution >= 4 is 13.1 Å². The number of piperidine rings is 1. The standard InChI is InChI=1S/C31H51BN4/c1-10-23(4)29(21-33)19-25(6)24(5)14-15-30(22(2)3)31(36-18-16-32-20-27(36)8)34-28(9)35-17-12-11-13-26(35)7/h10,14-15,19,26-28,32H,1-2,11-13,16-18,20-21,33H2,3-9H3/b24-14+,25-19+,29-23+,30-15+,34-31+/t26?,27-,28?/m0/s1. The van der Waals surface area contributed by atoms with Gasteiger partial charge in [0.1, 0.15) is 19.3 Å². The summed E-state index contributed by atoms with van der Waals surface area (Å²) in [6.07, 6.45) is 14.9. The van der Waals surface area contributed by atoms with E-state index in [4.69, 9.17) is 10.7 Å². The number of aliphatic imine (C=N–C) groups is 1. The maximum Gasteiger partial charge on any atom is 0.133 e. The molecule has 2 unspecified atom stereocenters. The van der Waals surface area contributed by atoms with E-state index < -0.39 is 0 Å². The zero-order valence-corrected chi connectivity index (χ0v) is 24.2. The number of nitrogens with two attached hydrogens (primary N) is 1. The smallest absolute Gasteiger partial charge is 0.133 e. The molecule has 4 nitrogen and oxygen atoms in total. The van der Waals surface area contributed by atoms with Crippen LogP contribution in [-0.2, 0) is 0 Å². The molecule has 2 fully saturated rings. The van der Waals surface area contributed by atoms with E-state index >= 15 is 0 Å². The van der Waals surface area contributed by atoms with Gasteiger partial charge in [-0.05, 0) is 89.2 Å². The maximum absolute atomic E-state index is 5.99. The van der Waals surface area contributed by atoms with Crippen LogP contribution in [0.25, 0.3) is 0 Å². The van der Waals surface area contributed by atoms with Crippen molar-refractivity contribution in [3.05, 3.63) is 70.9 Å². The zero-order valence-electron chi connectivity index (χ0n) is 24.2. The Balaban J connectivity index is 2.51. The van der Waals surface area contributed by atoms with Gasteiger partial charge in [-0.1, -0.05) is 56.5 Å². The molecule has 0 saturated carbocycles. The van der Waals surface area contributed by atoms with Gasteiger partial charge in [0.15, 0.2) is 0 Å². The highest BCUT2D eigenvalue weighted by Gasteiger charge is 2.28. The summed E-state index contributed by atoms with van der Waals surface area (Å²) in [4.78, 5) is 10.5. The minimum atomic E-state index is 0.151. The van der Waals surface area contributed by atoms with Gasteiger partial charge in [-0.15, -0.1) is 0 Å². The van der Waals surface area contributed by atoms with E-state index in [-0.39, 0.29) is 6.17 Å². The number of hydrogen-bond donors (Lipinski definition) is 1. The normalized spacial score (nSPS) is 24.7. The third kappa shape index (κ3) is 8.21. The topological polar surface area (TPSA) is 44.9 Å². The van der Waals surface area contributed by atoms with Crippen molar-refractivity contribution in [3.8, 4) is 0 Å². The van der Waals surface area contributed by atoms with Crippen LogP contribution >= 0.6 is 0 Å². The van der Waals surface area contributed by atoms with Gasteiger partial charge < -0.3 is 10.6 Å². The molecule has 0 aromatic heterocycles. The molecule has 198 valence electrons. The van der Waals surface area contributed by atoms with Crippen molar-refractivity contribution in [2.24, 2.45) is 10.7 Å². The average Bonchev–Trinajstić information content (AvgIpc) is 2.86. The Morgan fingerprint density at radius 2 is 1.81 bits per heavy atom. The van der Waals surface area contributed by atoms with Crippen LogP contribution in [0.4, 0.5) is 0 Å².